The van der Waals surface area contributed by atoms with E-state index in [1.807, 2.05) is 12.1 Å². The van der Waals surface area contributed by atoms with E-state index in [4.69, 9.17) is 10.5 Å². The van der Waals surface area contributed by atoms with Crippen LogP contribution in [0.3, 0.4) is 0 Å². The van der Waals surface area contributed by atoms with Crippen molar-refractivity contribution in [2.75, 3.05) is 17.7 Å². The Morgan fingerprint density at radius 1 is 1.53 bits per heavy atom. The summed E-state index contributed by atoms with van der Waals surface area (Å²) in [4.78, 5) is 11.3. The molecule has 1 aliphatic heterocycles. The third-order valence-corrected chi connectivity index (χ3v) is 3.70. The molecule has 0 unspecified atom stereocenters. The highest BCUT2D eigenvalue weighted by molar-refractivity contribution is 9.10. The van der Waals surface area contributed by atoms with E-state index in [-0.39, 0.29) is 12.5 Å². The Morgan fingerprint density at radius 3 is 3.00 bits per heavy atom. The average molecular weight is 323 g/mol. The molecule has 1 amide bonds. The molecular formula is C12H11BrN4O2. The molecule has 2 heterocycles. The van der Waals surface area contributed by atoms with Crippen molar-refractivity contribution in [3.63, 3.8) is 0 Å². The zero-order valence-corrected chi connectivity index (χ0v) is 11.7. The van der Waals surface area contributed by atoms with Gasteiger partial charge >= 0.3 is 0 Å². The zero-order valence-electron chi connectivity index (χ0n) is 10.1. The number of benzene rings is 1. The maximum Gasteiger partial charge on any atom is 0.262 e. The summed E-state index contributed by atoms with van der Waals surface area (Å²) >= 11 is 3.42. The molecule has 0 fully saturated rings. The van der Waals surface area contributed by atoms with Gasteiger partial charge in [0.05, 0.1) is 10.2 Å². The zero-order chi connectivity index (χ0) is 13.6. The number of carbonyl (C=O) groups is 1. The third-order valence-electron chi connectivity index (χ3n) is 2.92. The monoisotopic (exact) mass is 322 g/mol. The van der Waals surface area contributed by atoms with Crippen LogP contribution in [0.15, 0.2) is 22.7 Å². The van der Waals surface area contributed by atoms with Gasteiger partial charge < -0.3 is 15.8 Å². The molecular weight excluding hydrogens is 312 g/mol. The van der Waals surface area contributed by atoms with E-state index in [1.165, 1.54) is 0 Å². The number of nitrogen functional groups attached to an aromatic ring is 1. The number of hydrogen-bond acceptors (Lipinski definition) is 4. The van der Waals surface area contributed by atoms with Crippen molar-refractivity contribution in [3.8, 4) is 17.0 Å². The highest BCUT2D eigenvalue weighted by Gasteiger charge is 2.19. The number of anilines is 2. The first-order chi connectivity index (χ1) is 9.06. The largest absolute Gasteiger partial charge is 0.482 e. The summed E-state index contributed by atoms with van der Waals surface area (Å²) in [5.74, 6) is 1.04. The summed E-state index contributed by atoms with van der Waals surface area (Å²) in [6.07, 6.45) is 0. The van der Waals surface area contributed by atoms with Crippen LogP contribution < -0.4 is 15.8 Å². The molecule has 0 saturated carbocycles. The molecule has 98 valence electrons. The van der Waals surface area contributed by atoms with Crippen molar-refractivity contribution >= 4 is 33.3 Å². The minimum atomic E-state index is -0.163. The Labute approximate surface area is 117 Å². The van der Waals surface area contributed by atoms with Crippen molar-refractivity contribution < 1.29 is 9.53 Å². The molecule has 1 aromatic carbocycles. The van der Waals surface area contributed by atoms with Crippen LogP contribution in [0.2, 0.25) is 0 Å². The van der Waals surface area contributed by atoms with Crippen molar-refractivity contribution in [1.82, 2.24) is 9.78 Å². The van der Waals surface area contributed by atoms with E-state index >= 15 is 0 Å². The number of ether oxygens (including phenoxy) is 1. The predicted octanol–water partition coefficient (Wildman–Crippen LogP) is 1.76. The smallest absolute Gasteiger partial charge is 0.262 e. The highest BCUT2D eigenvalue weighted by atomic mass is 79.9. The molecule has 0 aliphatic carbocycles. The van der Waals surface area contributed by atoms with E-state index in [0.717, 1.165) is 15.7 Å². The minimum Gasteiger partial charge on any atom is -0.482 e. The number of aromatic nitrogens is 2. The van der Waals surface area contributed by atoms with Gasteiger partial charge in [-0.15, -0.1) is 0 Å². The second kappa shape index (κ2) is 4.27. The second-order valence-corrected chi connectivity index (χ2v) is 5.01. The Kier molecular flexibility index (Phi) is 2.70. The Balaban J connectivity index is 2.09. The lowest BCUT2D eigenvalue weighted by molar-refractivity contribution is -0.118. The maximum atomic E-state index is 11.3. The average Bonchev–Trinajstić information content (AvgIpc) is 2.65. The lowest BCUT2D eigenvalue weighted by Gasteiger charge is -2.18. The number of rotatable bonds is 1. The number of hydrogen-bond donors (Lipinski definition) is 2. The van der Waals surface area contributed by atoms with Gasteiger partial charge in [-0.25, -0.2) is 0 Å². The summed E-state index contributed by atoms with van der Waals surface area (Å²) in [6.45, 7) is 0.0482. The van der Waals surface area contributed by atoms with Crippen LogP contribution in [0.4, 0.5) is 11.5 Å². The van der Waals surface area contributed by atoms with E-state index in [9.17, 15) is 4.79 Å². The fraction of sp³-hybridized carbons (Fsp3) is 0.167. The van der Waals surface area contributed by atoms with Crippen molar-refractivity contribution in [3.05, 3.63) is 22.7 Å². The summed E-state index contributed by atoms with van der Waals surface area (Å²) in [5, 5.41) is 7.11. The third kappa shape index (κ3) is 1.95. The van der Waals surface area contributed by atoms with Crippen LogP contribution in [0.5, 0.6) is 5.75 Å². The van der Waals surface area contributed by atoms with Crippen LogP contribution >= 0.6 is 15.9 Å². The minimum absolute atomic E-state index is 0.0482. The lowest BCUT2D eigenvalue weighted by Crippen LogP contribution is -2.25. The number of carbonyl (C=O) groups excluding carboxylic acids is 1. The molecule has 0 radical (unpaired) electrons. The van der Waals surface area contributed by atoms with E-state index < -0.39 is 0 Å². The van der Waals surface area contributed by atoms with E-state index in [0.29, 0.717) is 17.3 Å². The quantitative estimate of drug-likeness (QED) is 0.838. The van der Waals surface area contributed by atoms with Gasteiger partial charge in [0.15, 0.2) is 6.61 Å². The predicted molar refractivity (Wildman–Crippen MR) is 74.9 cm³/mol. The Bertz CT molecular complexity index is 681. The van der Waals surface area contributed by atoms with Gasteiger partial charge in [0.2, 0.25) is 0 Å². The molecule has 1 aromatic heterocycles. The maximum absolute atomic E-state index is 11.3. The molecule has 0 atom stereocenters. The lowest BCUT2D eigenvalue weighted by atomic mass is 10.1. The number of halogens is 1. The Morgan fingerprint density at radius 2 is 2.32 bits per heavy atom. The number of fused-ring (bicyclic) bond motifs is 1. The number of nitrogens with two attached hydrogens (primary N) is 1. The molecule has 0 bridgehead atoms. The summed E-state index contributed by atoms with van der Waals surface area (Å²) in [5.41, 5.74) is 8.08. The molecule has 7 heteroatoms. The molecule has 0 saturated heterocycles. The van der Waals surface area contributed by atoms with Crippen molar-refractivity contribution in [1.29, 1.82) is 0 Å². The van der Waals surface area contributed by atoms with Gasteiger partial charge in [0.1, 0.15) is 17.3 Å². The Hall–Kier alpha value is -2.02. The fourth-order valence-corrected chi connectivity index (χ4v) is 2.49. The number of nitrogens with zero attached hydrogens (tertiary/aromatic N) is 2. The van der Waals surface area contributed by atoms with Crippen LogP contribution in [0, 0.1) is 0 Å². The van der Waals surface area contributed by atoms with Gasteiger partial charge in [0.25, 0.3) is 5.91 Å². The van der Waals surface area contributed by atoms with Gasteiger partial charge in [0, 0.05) is 12.6 Å². The highest BCUT2D eigenvalue weighted by Crippen LogP contribution is 2.36. The summed E-state index contributed by atoms with van der Waals surface area (Å²) in [7, 11) is 1.77. The van der Waals surface area contributed by atoms with E-state index in [1.54, 1.807) is 17.8 Å². The number of nitrogens with one attached hydrogen (secondary N) is 1. The first-order valence-electron chi connectivity index (χ1n) is 5.61. The molecule has 6 nitrogen and oxygen atoms in total. The van der Waals surface area contributed by atoms with Crippen molar-refractivity contribution in [2.24, 2.45) is 7.05 Å². The van der Waals surface area contributed by atoms with E-state index in [2.05, 4.69) is 26.3 Å². The summed E-state index contributed by atoms with van der Waals surface area (Å²) < 4.78 is 7.64. The van der Waals surface area contributed by atoms with Crippen LogP contribution in [0.1, 0.15) is 0 Å². The summed E-state index contributed by atoms with van der Waals surface area (Å²) in [6, 6.07) is 5.50. The van der Waals surface area contributed by atoms with Gasteiger partial charge in [-0.1, -0.05) is 0 Å². The topological polar surface area (TPSA) is 82.2 Å². The number of amides is 1. The first kappa shape index (κ1) is 12.0. The first-order valence-corrected chi connectivity index (χ1v) is 6.40. The normalized spacial score (nSPS) is 13.7. The van der Waals surface area contributed by atoms with Crippen LogP contribution in [-0.4, -0.2) is 22.3 Å². The molecule has 3 rings (SSSR count). The molecule has 0 spiro atoms. The van der Waals surface area contributed by atoms with Gasteiger partial charge in [-0.05, 0) is 34.1 Å². The SMILES string of the molecule is Cn1nc(-c2ccc3c(c2)NC(=O)CO3)c(Br)c1N. The molecule has 3 N–H and O–H groups in total. The van der Waals surface area contributed by atoms with Crippen LogP contribution in [0.25, 0.3) is 11.3 Å². The van der Waals surface area contributed by atoms with Gasteiger partial charge in [-0.3, -0.25) is 9.48 Å². The molecule has 19 heavy (non-hydrogen) atoms. The fourth-order valence-electron chi connectivity index (χ4n) is 1.93. The van der Waals surface area contributed by atoms with Gasteiger partial charge in [-0.2, -0.15) is 5.10 Å². The molecule has 1 aliphatic rings. The van der Waals surface area contributed by atoms with Crippen molar-refractivity contribution in [2.45, 2.75) is 0 Å². The standard InChI is InChI=1S/C12H11BrN4O2/c1-17-12(14)10(13)11(16-17)6-2-3-8-7(4-6)15-9(18)5-19-8/h2-4H,5,14H2,1H3,(H,15,18). The second-order valence-electron chi connectivity index (χ2n) is 4.22. The molecule has 2 aromatic rings. The number of aryl methyl sites for hydroxylation is 1. The van der Waals surface area contributed by atoms with Crippen LogP contribution in [-0.2, 0) is 11.8 Å².